The molecule has 1 amide bonds. The van der Waals surface area contributed by atoms with Crippen molar-refractivity contribution in [1.29, 1.82) is 0 Å². The molecule has 0 fully saturated rings. The number of aryl methyl sites for hydroxylation is 1. The molecule has 0 saturated heterocycles. The zero-order valence-electron chi connectivity index (χ0n) is 12.3. The van der Waals surface area contributed by atoms with Crippen molar-refractivity contribution in [2.75, 3.05) is 17.2 Å². The predicted octanol–water partition coefficient (Wildman–Crippen LogP) is 2.74. The highest BCUT2D eigenvalue weighted by atomic mass is 32.2. The summed E-state index contributed by atoms with van der Waals surface area (Å²) in [4.78, 5) is 15.9. The Labute approximate surface area is 129 Å². The van der Waals surface area contributed by atoms with Crippen molar-refractivity contribution in [3.05, 3.63) is 42.2 Å². The first-order chi connectivity index (χ1) is 10.1. The summed E-state index contributed by atoms with van der Waals surface area (Å²) < 4.78 is 1.73. The summed E-state index contributed by atoms with van der Waals surface area (Å²) in [6.45, 7) is 2.98. The Morgan fingerprint density at radius 2 is 2.24 bits per heavy atom. The quantitative estimate of drug-likeness (QED) is 0.856. The first-order valence-corrected chi connectivity index (χ1v) is 8.12. The zero-order valence-corrected chi connectivity index (χ0v) is 13.1. The fourth-order valence-electron chi connectivity index (χ4n) is 2.57. The number of aromatic nitrogens is 2. The van der Waals surface area contributed by atoms with Gasteiger partial charge in [0.15, 0.2) is 0 Å². The second-order valence-electron chi connectivity index (χ2n) is 5.59. The maximum atomic E-state index is 12.7. The molecule has 1 atom stereocenters. The summed E-state index contributed by atoms with van der Waals surface area (Å²) in [5, 5.41) is 4.13. The van der Waals surface area contributed by atoms with Crippen molar-refractivity contribution >= 4 is 23.4 Å². The van der Waals surface area contributed by atoms with Crippen LogP contribution in [0, 0.1) is 5.92 Å². The summed E-state index contributed by atoms with van der Waals surface area (Å²) in [6.07, 6.45) is 4.07. The van der Waals surface area contributed by atoms with Gasteiger partial charge in [-0.3, -0.25) is 9.48 Å². The van der Waals surface area contributed by atoms with E-state index in [2.05, 4.69) is 18.1 Å². The minimum Gasteiger partial charge on any atom is -0.311 e. The minimum atomic E-state index is 0.143. The zero-order chi connectivity index (χ0) is 14.8. The molecule has 4 nitrogen and oxygen atoms in total. The molecule has 21 heavy (non-hydrogen) atoms. The molecule has 1 aromatic heterocycles. The van der Waals surface area contributed by atoms with Crippen LogP contribution in [-0.4, -0.2) is 28.0 Å². The van der Waals surface area contributed by atoms with E-state index < -0.39 is 0 Å². The van der Waals surface area contributed by atoms with Crippen LogP contribution >= 0.6 is 11.8 Å². The Morgan fingerprint density at radius 3 is 3.00 bits per heavy atom. The lowest BCUT2D eigenvalue weighted by Crippen LogP contribution is -2.35. The van der Waals surface area contributed by atoms with Crippen LogP contribution in [0.25, 0.3) is 0 Å². The second-order valence-corrected chi connectivity index (χ2v) is 6.65. The number of carbonyl (C=O) groups excluding carboxylic acids is 1. The van der Waals surface area contributed by atoms with E-state index in [-0.39, 0.29) is 5.91 Å². The highest BCUT2D eigenvalue weighted by Gasteiger charge is 2.24. The predicted molar refractivity (Wildman–Crippen MR) is 85.6 cm³/mol. The highest BCUT2D eigenvalue weighted by molar-refractivity contribution is 7.99. The maximum absolute atomic E-state index is 12.7. The number of amides is 1. The van der Waals surface area contributed by atoms with E-state index in [1.807, 2.05) is 48.1 Å². The van der Waals surface area contributed by atoms with Gasteiger partial charge in [0.25, 0.3) is 0 Å². The van der Waals surface area contributed by atoms with Crippen molar-refractivity contribution in [3.63, 3.8) is 0 Å². The van der Waals surface area contributed by atoms with Gasteiger partial charge in [-0.25, -0.2) is 0 Å². The van der Waals surface area contributed by atoms with Gasteiger partial charge in [0.2, 0.25) is 5.91 Å². The lowest BCUT2D eigenvalue weighted by Gasteiger charge is -2.24. The van der Waals surface area contributed by atoms with E-state index in [1.165, 1.54) is 4.90 Å². The number of thioether (sulfide) groups is 1. The van der Waals surface area contributed by atoms with Gasteiger partial charge in [-0.1, -0.05) is 19.1 Å². The van der Waals surface area contributed by atoms with Gasteiger partial charge in [0.05, 0.1) is 18.3 Å². The van der Waals surface area contributed by atoms with Crippen LogP contribution in [0.2, 0.25) is 0 Å². The average molecular weight is 301 g/mol. The Hall–Kier alpha value is -1.75. The fraction of sp³-hybridized carbons (Fsp3) is 0.375. The summed E-state index contributed by atoms with van der Waals surface area (Å²) >= 11 is 1.84. The smallest absolute Gasteiger partial charge is 0.231 e. The lowest BCUT2D eigenvalue weighted by molar-refractivity contribution is -0.118. The van der Waals surface area contributed by atoms with Gasteiger partial charge < -0.3 is 4.90 Å². The number of benzene rings is 1. The molecule has 3 rings (SSSR count). The van der Waals surface area contributed by atoms with Crippen molar-refractivity contribution < 1.29 is 4.79 Å². The second kappa shape index (κ2) is 5.93. The molecule has 0 spiro atoms. The third-order valence-corrected chi connectivity index (χ3v) is 4.98. The molecule has 1 aliphatic heterocycles. The molecule has 0 saturated carbocycles. The number of nitrogens with zero attached hydrogens (tertiary/aromatic N) is 3. The molecule has 1 aliphatic rings. The lowest BCUT2D eigenvalue weighted by atomic mass is 10.1. The Balaban J connectivity index is 1.86. The first kappa shape index (κ1) is 14.2. The average Bonchev–Trinajstić information content (AvgIpc) is 2.79. The van der Waals surface area contributed by atoms with E-state index in [9.17, 15) is 4.79 Å². The SMILES string of the molecule is C[C@@H]1CSc2ccccc2N(C(=O)Cc2cnn(C)c2)C1. The van der Waals surface area contributed by atoms with Crippen LogP contribution in [0.5, 0.6) is 0 Å². The number of carbonyl (C=O) groups is 1. The molecule has 2 aromatic rings. The fourth-order valence-corrected chi connectivity index (χ4v) is 3.64. The number of para-hydroxylation sites is 1. The van der Waals surface area contributed by atoms with Crippen LogP contribution in [0.1, 0.15) is 12.5 Å². The number of anilines is 1. The molecule has 0 N–H and O–H groups in total. The van der Waals surface area contributed by atoms with Crippen LogP contribution in [-0.2, 0) is 18.3 Å². The normalized spacial score (nSPS) is 18.2. The number of fused-ring (bicyclic) bond motifs is 1. The molecule has 2 heterocycles. The Kier molecular flexibility index (Phi) is 4.01. The van der Waals surface area contributed by atoms with Gasteiger partial charge in [-0.2, -0.15) is 5.10 Å². The molecule has 0 unspecified atom stereocenters. The molecular weight excluding hydrogens is 282 g/mol. The summed E-state index contributed by atoms with van der Waals surface area (Å²) in [5.41, 5.74) is 2.00. The molecule has 1 aromatic carbocycles. The molecular formula is C16H19N3OS. The van der Waals surface area contributed by atoms with Crippen LogP contribution in [0.4, 0.5) is 5.69 Å². The number of hydrogen-bond acceptors (Lipinski definition) is 3. The number of hydrogen-bond donors (Lipinski definition) is 0. The monoisotopic (exact) mass is 301 g/mol. The molecule has 0 aliphatic carbocycles. The molecule has 0 radical (unpaired) electrons. The third-order valence-electron chi connectivity index (χ3n) is 3.59. The van der Waals surface area contributed by atoms with Crippen LogP contribution in [0.15, 0.2) is 41.6 Å². The summed E-state index contributed by atoms with van der Waals surface area (Å²) in [5.74, 6) is 1.68. The third kappa shape index (κ3) is 3.13. The van der Waals surface area contributed by atoms with Crippen molar-refractivity contribution in [2.24, 2.45) is 13.0 Å². The topological polar surface area (TPSA) is 38.1 Å². The van der Waals surface area contributed by atoms with Gasteiger partial charge in [-0.05, 0) is 23.6 Å². The van der Waals surface area contributed by atoms with Crippen molar-refractivity contribution in [3.8, 4) is 0 Å². The largest absolute Gasteiger partial charge is 0.311 e. The van der Waals surface area contributed by atoms with Crippen LogP contribution in [0.3, 0.4) is 0 Å². The van der Waals surface area contributed by atoms with Crippen LogP contribution < -0.4 is 4.90 Å². The summed E-state index contributed by atoms with van der Waals surface area (Å²) in [6, 6.07) is 8.18. The summed E-state index contributed by atoms with van der Waals surface area (Å²) in [7, 11) is 1.87. The molecule has 110 valence electrons. The van der Waals surface area contributed by atoms with Gasteiger partial charge in [-0.15, -0.1) is 11.8 Å². The highest BCUT2D eigenvalue weighted by Crippen LogP contribution is 2.35. The maximum Gasteiger partial charge on any atom is 0.231 e. The number of rotatable bonds is 2. The minimum absolute atomic E-state index is 0.143. The van der Waals surface area contributed by atoms with Crippen molar-refractivity contribution in [1.82, 2.24) is 9.78 Å². The van der Waals surface area contributed by atoms with Gasteiger partial charge >= 0.3 is 0 Å². The Bertz CT molecular complexity index is 652. The van der Waals surface area contributed by atoms with E-state index in [4.69, 9.17) is 0 Å². The Morgan fingerprint density at radius 1 is 1.43 bits per heavy atom. The van der Waals surface area contributed by atoms with Crippen molar-refractivity contribution in [2.45, 2.75) is 18.2 Å². The van der Waals surface area contributed by atoms with E-state index in [1.54, 1.807) is 10.9 Å². The van der Waals surface area contributed by atoms with E-state index >= 15 is 0 Å². The van der Waals surface area contributed by atoms with Gasteiger partial charge in [0.1, 0.15) is 0 Å². The standard InChI is InChI=1S/C16H19N3OS/c1-12-9-19(14-5-3-4-6-15(14)21-11-12)16(20)7-13-8-17-18(2)10-13/h3-6,8,10,12H,7,9,11H2,1-2H3/t12-/m0/s1. The first-order valence-electron chi connectivity index (χ1n) is 7.13. The van der Waals surface area contributed by atoms with E-state index in [0.29, 0.717) is 12.3 Å². The molecule has 5 heteroatoms. The van der Waals surface area contributed by atoms with E-state index in [0.717, 1.165) is 23.5 Å². The molecule has 0 bridgehead atoms. The van der Waals surface area contributed by atoms with Gasteiger partial charge in [0, 0.05) is 30.4 Å².